The van der Waals surface area contributed by atoms with Crippen LogP contribution in [0.4, 0.5) is 4.39 Å². The summed E-state index contributed by atoms with van der Waals surface area (Å²) in [6, 6.07) is 18.3. The quantitative estimate of drug-likeness (QED) is 0.443. The van der Waals surface area contributed by atoms with Gasteiger partial charge in [-0.2, -0.15) is 5.26 Å². The highest BCUT2D eigenvalue weighted by Crippen LogP contribution is 2.37. The summed E-state index contributed by atoms with van der Waals surface area (Å²) in [5, 5.41) is 9.89. The summed E-state index contributed by atoms with van der Waals surface area (Å²) in [6.45, 7) is 0. The monoisotopic (exact) mass is 422 g/mol. The van der Waals surface area contributed by atoms with Crippen molar-refractivity contribution in [2.24, 2.45) is 0 Å². The third-order valence-electron chi connectivity index (χ3n) is 4.47. The molecule has 0 amide bonds. The highest BCUT2D eigenvalue weighted by molar-refractivity contribution is 7.91. The standard InChI is InChI=1S/C22H12ClFN2O2S/c23-16-5-2-4-15(10-16)22-19-11-17(24)7-8-20(19)26-13-21(22)29(27,28)18-6-1-3-14(9-18)12-25/h1-11,13H. The van der Waals surface area contributed by atoms with Gasteiger partial charge in [-0.3, -0.25) is 4.98 Å². The molecule has 4 nitrogen and oxygen atoms in total. The lowest BCUT2D eigenvalue weighted by atomic mass is 10.0. The Balaban J connectivity index is 2.09. The molecule has 4 rings (SSSR count). The first-order valence-corrected chi connectivity index (χ1v) is 10.4. The minimum absolute atomic E-state index is 0.0441. The average Bonchev–Trinajstić information content (AvgIpc) is 2.72. The number of nitriles is 1. The molecule has 0 unspecified atom stereocenters. The molecule has 0 aliphatic carbocycles. The van der Waals surface area contributed by atoms with E-state index >= 15 is 0 Å². The molecule has 7 heteroatoms. The summed E-state index contributed by atoms with van der Waals surface area (Å²) in [6.07, 6.45) is 1.25. The van der Waals surface area contributed by atoms with E-state index in [1.807, 2.05) is 6.07 Å². The summed E-state index contributed by atoms with van der Waals surface area (Å²) in [7, 11) is -4.05. The van der Waals surface area contributed by atoms with Crippen molar-refractivity contribution in [3.63, 3.8) is 0 Å². The van der Waals surface area contributed by atoms with E-state index in [1.54, 1.807) is 24.3 Å². The molecule has 0 saturated heterocycles. The molecule has 0 saturated carbocycles. The van der Waals surface area contributed by atoms with Crippen LogP contribution in [0.3, 0.4) is 0 Å². The number of hydrogen-bond acceptors (Lipinski definition) is 4. The van der Waals surface area contributed by atoms with Gasteiger partial charge in [-0.25, -0.2) is 12.8 Å². The van der Waals surface area contributed by atoms with Crippen molar-refractivity contribution in [3.8, 4) is 17.2 Å². The van der Waals surface area contributed by atoms with Crippen molar-refractivity contribution in [2.75, 3.05) is 0 Å². The SMILES string of the molecule is N#Cc1cccc(S(=O)(=O)c2cnc3ccc(F)cc3c2-c2cccc(Cl)c2)c1. The van der Waals surface area contributed by atoms with E-state index in [4.69, 9.17) is 16.9 Å². The van der Waals surface area contributed by atoms with Gasteiger partial charge in [0.2, 0.25) is 9.84 Å². The summed E-state index contributed by atoms with van der Waals surface area (Å²) in [5.74, 6) is -0.511. The van der Waals surface area contributed by atoms with Crippen molar-refractivity contribution in [1.82, 2.24) is 4.98 Å². The molecule has 1 aromatic heterocycles. The predicted molar refractivity (Wildman–Crippen MR) is 109 cm³/mol. The molecule has 29 heavy (non-hydrogen) atoms. The lowest BCUT2D eigenvalue weighted by Crippen LogP contribution is -2.06. The van der Waals surface area contributed by atoms with Crippen molar-refractivity contribution in [2.45, 2.75) is 9.79 Å². The topological polar surface area (TPSA) is 70.8 Å². The van der Waals surface area contributed by atoms with Crippen LogP contribution in [0.15, 0.2) is 82.7 Å². The fourth-order valence-electron chi connectivity index (χ4n) is 3.15. The summed E-state index contributed by atoms with van der Waals surface area (Å²) in [4.78, 5) is 4.09. The minimum atomic E-state index is -4.05. The fourth-order valence-corrected chi connectivity index (χ4v) is 4.82. The van der Waals surface area contributed by atoms with Crippen LogP contribution in [0.5, 0.6) is 0 Å². The third kappa shape index (κ3) is 3.46. The zero-order valence-electron chi connectivity index (χ0n) is 14.8. The number of aromatic nitrogens is 1. The first-order chi connectivity index (χ1) is 13.9. The third-order valence-corrected chi connectivity index (χ3v) is 6.47. The van der Waals surface area contributed by atoms with Gasteiger partial charge in [0.05, 0.1) is 26.9 Å². The molecule has 0 fully saturated rings. The zero-order chi connectivity index (χ0) is 20.6. The lowest BCUT2D eigenvalue weighted by Gasteiger charge is -2.14. The smallest absolute Gasteiger partial charge is 0.208 e. The van der Waals surface area contributed by atoms with Crippen LogP contribution < -0.4 is 0 Å². The summed E-state index contributed by atoms with van der Waals surface area (Å²) < 4.78 is 40.9. The Hall–Kier alpha value is -3.27. The Morgan fingerprint density at radius 2 is 1.79 bits per heavy atom. The van der Waals surface area contributed by atoms with Crippen LogP contribution in [0.2, 0.25) is 5.02 Å². The maximum atomic E-state index is 14.0. The largest absolute Gasteiger partial charge is 0.255 e. The zero-order valence-corrected chi connectivity index (χ0v) is 16.4. The predicted octanol–water partition coefficient (Wildman–Crippen LogP) is 5.40. The summed E-state index contributed by atoms with van der Waals surface area (Å²) in [5.41, 5.74) is 1.49. The number of pyridine rings is 1. The highest BCUT2D eigenvalue weighted by atomic mass is 35.5. The van der Waals surface area contributed by atoms with Gasteiger partial charge in [-0.1, -0.05) is 29.8 Å². The molecular formula is C22H12ClFN2O2S. The Labute approximate surface area is 171 Å². The van der Waals surface area contributed by atoms with Gasteiger partial charge >= 0.3 is 0 Å². The lowest BCUT2D eigenvalue weighted by molar-refractivity contribution is 0.596. The molecule has 142 valence electrons. The van der Waals surface area contributed by atoms with Crippen LogP contribution in [-0.2, 0) is 9.84 Å². The van der Waals surface area contributed by atoms with Gasteiger partial charge in [0.25, 0.3) is 0 Å². The first kappa shape index (κ1) is 19.1. The van der Waals surface area contributed by atoms with Crippen LogP contribution >= 0.6 is 11.6 Å². The van der Waals surface area contributed by atoms with E-state index in [-0.39, 0.29) is 15.4 Å². The number of rotatable bonds is 3. The van der Waals surface area contributed by atoms with Crippen molar-refractivity contribution < 1.29 is 12.8 Å². The van der Waals surface area contributed by atoms with Crippen molar-refractivity contribution in [1.29, 1.82) is 5.26 Å². The molecule has 0 N–H and O–H groups in total. The molecular weight excluding hydrogens is 411 g/mol. The number of fused-ring (bicyclic) bond motifs is 1. The number of sulfone groups is 1. The molecule has 0 aliphatic heterocycles. The van der Waals surface area contributed by atoms with Crippen LogP contribution in [0, 0.1) is 17.1 Å². The molecule has 3 aromatic carbocycles. The van der Waals surface area contributed by atoms with Gasteiger partial charge in [0.15, 0.2) is 0 Å². The van der Waals surface area contributed by atoms with E-state index in [0.29, 0.717) is 27.1 Å². The van der Waals surface area contributed by atoms with Gasteiger partial charge in [0.1, 0.15) is 5.82 Å². The van der Waals surface area contributed by atoms with Crippen molar-refractivity contribution >= 4 is 32.3 Å². The number of nitrogens with zero attached hydrogens (tertiary/aromatic N) is 2. The van der Waals surface area contributed by atoms with Crippen LogP contribution in [0.25, 0.3) is 22.0 Å². The highest BCUT2D eigenvalue weighted by Gasteiger charge is 2.25. The maximum absolute atomic E-state index is 14.0. The maximum Gasteiger partial charge on any atom is 0.208 e. The fraction of sp³-hybridized carbons (Fsp3) is 0. The molecule has 4 aromatic rings. The minimum Gasteiger partial charge on any atom is -0.255 e. The molecule has 0 radical (unpaired) electrons. The number of halogens is 2. The van der Waals surface area contributed by atoms with E-state index in [1.165, 1.54) is 48.7 Å². The van der Waals surface area contributed by atoms with E-state index < -0.39 is 15.7 Å². The van der Waals surface area contributed by atoms with Gasteiger partial charge in [0, 0.05) is 22.2 Å². The molecule has 0 spiro atoms. The van der Waals surface area contributed by atoms with E-state index in [0.717, 1.165) is 0 Å². The van der Waals surface area contributed by atoms with E-state index in [9.17, 15) is 12.8 Å². The first-order valence-electron chi connectivity index (χ1n) is 8.49. The Bertz CT molecular complexity index is 1410. The van der Waals surface area contributed by atoms with Gasteiger partial charge < -0.3 is 0 Å². The van der Waals surface area contributed by atoms with Crippen LogP contribution in [-0.4, -0.2) is 13.4 Å². The summed E-state index contributed by atoms with van der Waals surface area (Å²) >= 11 is 6.13. The number of hydrogen-bond donors (Lipinski definition) is 0. The van der Waals surface area contributed by atoms with Gasteiger partial charge in [-0.05, 0) is 54.1 Å². The Kier molecular flexibility index (Phi) is 4.79. The van der Waals surface area contributed by atoms with E-state index in [2.05, 4.69) is 4.98 Å². The van der Waals surface area contributed by atoms with Crippen molar-refractivity contribution in [3.05, 3.63) is 89.3 Å². The Morgan fingerprint density at radius 3 is 2.55 bits per heavy atom. The molecule has 1 heterocycles. The second-order valence-corrected chi connectivity index (χ2v) is 8.67. The average molecular weight is 423 g/mol. The van der Waals surface area contributed by atoms with Crippen LogP contribution in [0.1, 0.15) is 5.56 Å². The molecule has 0 aliphatic rings. The molecule has 0 bridgehead atoms. The molecule has 0 atom stereocenters. The van der Waals surface area contributed by atoms with Gasteiger partial charge in [-0.15, -0.1) is 0 Å². The normalized spacial score (nSPS) is 11.3. The number of benzene rings is 3. The Morgan fingerprint density at radius 1 is 1.00 bits per heavy atom. The second-order valence-electron chi connectivity index (χ2n) is 6.31. The second kappa shape index (κ2) is 7.28.